The molecule has 100 valence electrons. The normalized spacial score (nSPS) is 23.1. The van der Waals surface area contributed by atoms with Gasteiger partial charge in [-0.2, -0.15) is 0 Å². The molecule has 1 heterocycles. The van der Waals surface area contributed by atoms with Crippen molar-refractivity contribution in [3.8, 4) is 0 Å². The molecule has 1 fully saturated rings. The van der Waals surface area contributed by atoms with Crippen LogP contribution in [0.2, 0.25) is 0 Å². The van der Waals surface area contributed by atoms with Crippen molar-refractivity contribution in [1.29, 1.82) is 0 Å². The fourth-order valence-electron chi connectivity index (χ4n) is 2.70. The number of pyridine rings is 1. The third-order valence-electron chi connectivity index (χ3n) is 4.21. The van der Waals surface area contributed by atoms with Gasteiger partial charge in [-0.15, -0.1) is 0 Å². The second-order valence-electron chi connectivity index (χ2n) is 7.26. The Balaban J connectivity index is 2.07. The van der Waals surface area contributed by atoms with E-state index in [1.54, 1.807) is 0 Å². The molecule has 0 aromatic carbocycles. The average molecular weight is 246 g/mol. The maximum atomic E-state index is 4.56. The first-order chi connectivity index (χ1) is 8.29. The van der Waals surface area contributed by atoms with Gasteiger partial charge >= 0.3 is 0 Å². The Hall–Kier alpha value is -1.05. The van der Waals surface area contributed by atoms with Gasteiger partial charge in [0.1, 0.15) is 5.82 Å². The number of nitrogens with zero attached hydrogens (tertiary/aromatic N) is 1. The zero-order valence-corrected chi connectivity index (χ0v) is 12.4. The molecular formula is C16H26N2. The lowest BCUT2D eigenvalue weighted by Gasteiger charge is -2.28. The number of hydrogen-bond acceptors (Lipinski definition) is 2. The second kappa shape index (κ2) is 4.56. The summed E-state index contributed by atoms with van der Waals surface area (Å²) in [5.41, 5.74) is 1.86. The van der Waals surface area contributed by atoms with Gasteiger partial charge in [-0.1, -0.05) is 47.1 Å². The van der Waals surface area contributed by atoms with Crippen molar-refractivity contribution in [2.24, 2.45) is 5.41 Å². The molecule has 1 saturated carbocycles. The molecule has 1 N–H and O–H groups in total. The minimum absolute atomic E-state index is 0.179. The maximum absolute atomic E-state index is 4.56. The summed E-state index contributed by atoms with van der Waals surface area (Å²) in [7, 11) is 0. The van der Waals surface area contributed by atoms with Crippen molar-refractivity contribution in [2.45, 2.75) is 65.3 Å². The zero-order chi connectivity index (χ0) is 13.4. The summed E-state index contributed by atoms with van der Waals surface area (Å²) in [6, 6.07) is 4.87. The van der Waals surface area contributed by atoms with Crippen molar-refractivity contribution in [1.82, 2.24) is 4.98 Å². The van der Waals surface area contributed by atoms with Crippen LogP contribution in [0.25, 0.3) is 0 Å². The Morgan fingerprint density at radius 3 is 2.44 bits per heavy atom. The molecule has 0 spiro atoms. The SMILES string of the molecule is CC(C)(C)c1ccc(NC2CCCC2(C)C)nc1. The van der Waals surface area contributed by atoms with Crippen LogP contribution in [0.5, 0.6) is 0 Å². The Labute approximate surface area is 111 Å². The lowest BCUT2D eigenvalue weighted by Crippen LogP contribution is -2.31. The molecule has 1 unspecified atom stereocenters. The third kappa shape index (κ3) is 2.85. The molecular weight excluding hydrogens is 220 g/mol. The molecule has 1 aromatic rings. The van der Waals surface area contributed by atoms with Crippen LogP contribution in [0.3, 0.4) is 0 Å². The average Bonchev–Trinajstić information content (AvgIpc) is 2.58. The lowest BCUT2D eigenvalue weighted by atomic mass is 9.87. The van der Waals surface area contributed by atoms with Crippen molar-refractivity contribution in [3.05, 3.63) is 23.9 Å². The van der Waals surface area contributed by atoms with Gasteiger partial charge in [-0.05, 0) is 35.3 Å². The highest BCUT2D eigenvalue weighted by atomic mass is 15.0. The van der Waals surface area contributed by atoms with Crippen molar-refractivity contribution < 1.29 is 0 Å². The van der Waals surface area contributed by atoms with Gasteiger partial charge in [-0.3, -0.25) is 0 Å². The van der Waals surface area contributed by atoms with Crippen LogP contribution in [-0.2, 0) is 5.41 Å². The van der Waals surface area contributed by atoms with Crippen LogP contribution in [-0.4, -0.2) is 11.0 Å². The quantitative estimate of drug-likeness (QED) is 0.838. The number of hydrogen-bond donors (Lipinski definition) is 1. The van der Waals surface area contributed by atoms with Crippen LogP contribution < -0.4 is 5.32 Å². The summed E-state index contributed by atoms with van der Waals surface area (Å²) in [6.45, 7) is 11.4. The number of nitrogens with one attached hydrogen (secondary N) is 1. The molecule has 18 heavy (non-hydrogen) atoms. The fraction of sp³-hybridized carbons (Fsp3) is 0.688. The molecule has 0 amide bonds. The summed E-state index contributed by atoms with van der Waals surface area (Å²) in [4.78, 5) is 4.56. The van der Waals surface area contributed by atoms with Crippen LogP contribution in [0.1, 0.15) is 59.4 Å². The first-order valence-corrected chi connectivity index (χ1v) is 7.02. The minimum atomic E-state index is 0.179. The molecule has 0 radical (unpaired) electrons. The summed E-state index contributed by atoms with van der Waals surface area (Å²) in [6.07, 6.45) is 5.90. The third-order valence-corrected chi connectivity index (χ3v) is 4.21. The van der Waals surface area contributed by atoms with E-state index in [0.717, 1.165) is 5.82 Å². The van der Waals surface area contributed by atoms with E-state index in [2.05, 4.69) is 57.1 Å². The molecule has 1 aliphatic rings. The summed E-state index contributed by atoms with van der Waals surface area (Å²) >= 11 is 0. The van der Waals surface area contributed by atoms with Crippen molar-refractivity contribution in [3.63, 3.8) is 0 Å². The van der Waals surface area contributed by atoms with Crippen LogP contribution >= 0.6 is 0 Å². The highest BCUT2D eigenvalue weighted by molar-refractivity contribution is 5.39. The lowest BCUT2D eigenvalue weighted by molar-refractivity contribution is 0.349. The zero-order valence-electron chi connectivity index (χ0n) is 12.4. The summed E-state index contributed by atoms with van der Waals surface area (Å²) in [5, 5.41) is 3.60. The van der Waals surface area contributed by atoms with Gasteiger partial charge in [0.25, 0.3) is 0 Å². The van der Waals surface area contributed by atoms with Gasteiger partial charge < -0.3 is 5.32 Å². The topological polar surface area (TPSA) is 24.9 Å². The smallest absolute Gasteiger partial charge is 0.126 e. The largest absolute Gasteiger partial charge is 0.367 e. The van der Waals surface area contributed by atoms with E-state index in [1.165, 1.54) is 24.8 Å². The first kappa shape index (κ1) is 13.4. The molecule has 1 aromatic heterocycles. The van der Waals surface area contributed by atoms with Gasteiger partial charge in [0.15, 0.2) is 0 Å². The van der Waals surface area contributed by atoms with E-state index in [1.807, 2.05) is 6.20 Å². The summed E-state index contributed by atoms with van der Waals surface area (Å²) < 4.78 is 0. The Morgan fingerprint density at radius 1 is 1.28 bits per heavy atom. The van der Waals surface area contributed by atoms with Gasteiger partial charge in [-0.25, -0.2) is 4.98 Å². The van der Waals surface area contributed by atoms with Gasteiger partial charge in [0, 0.05) is 12.2 Å². The minimum Gasteiger partial charge on any atom is -0.367 e. The second-order valence-corrected chi connectivity index (χ2v) is 7.26. The van der Waals surface area contributed by atoms with E-state index in [9.17, 15) is 0 Å². The fourth-order valence-corrected chi connectivity index (χ4v) is 2.70. The molecule has 0 bridgehead atoms. The molecule has 2 rings (SSSR count). The van der Waals surface area contributed by atoms with E-state index >= 15 is 0 Å². The number of anilines is 1. The highest BCUT2D eigenvalue weighted by Gasteiger charge is 2.34. The van der Waals surface area contributed by atoms with E-state index in [4.69, 9.17) is 0 Å². The maximum Gasteiger partial charge on any atom is 0.126 e. The molecule has 2 heteroatoms. The highest BCUT2D eigenvalue weighted by Crippen LogP contribution is 2.38. The van der Waals surface area contributed by atoms with Crippen molar-refractivity contribution >= 4 is 5.82 Å². The van der Waals surface area contributed by atoms with Gasteiger partial charge in [0.05, 0.1) is 0 Å². The monoisotopic (exact) mass is 246 g/mol. The van der Waals surface area contributed by atoms with Crippen LogP contribution in [0.4, 0.5) is 5.82 Å². The Kier molecular flexibility index (Phi) is 3.39. The molecule has 0 aliphatic heterocycles. The molecule has 1 aliphatic carbocycles. The molecule has 1 atom stereocenters. The van der Waals surface area contributed by atoms with Crippen LogP contribution in [0.15, 0.2) is 18.3 Å². The molecule has 2 nitrogen and oxygen atoms in total. The van der Waals surface area contributed by atoms with E-state index in [-0.39, 0.29) is 5.41 Å². The number of aromatic nitrogens is 1. The molecule has 0 saturated heterocycles. The number of rotatable bonds is 2. The van der Waals surface area contributed by atoms with Crippen LogP contribution in [0, 0.1) is 5.41 Å². The summed E-state index contributed by atoms with van der Waals surface area (Å²) in [5.74, 6) is 1.02. The Bertz CT molecular complexity index is 398. The standard InChI is InChI=1S/C16H26N2/c1-15(2,3)12-8-9-14(17-11-12)18-13-7-6-10-16(13,4)5/h8-9,11,13H,6-7,10H2,1-5H3,(H,17,18). The first-order valence-electron chi connectivity index (χ1n) is 7.02. The van der Waals surface area contributed by atoms with Crippen molar-refractivity contribution in [2.75, 3.05) is 5.32 Å². The van der Waals surface area contributed by atoms with Gasteiger partial charge in [0.2, 0.25) is 0 Å². The van der Waals surface area contributed by atoms with E-state index < -0.39 is 0 Å². The predicted octanol–water partition coefficient (Wildman–Crippen LogP) is 4.37. The Morgan fingerprint density at radius 2 is 2.00 bits per heavy atom. The van der Waals surface area contributed by atoms with E-state index in [0.29, 0.717) is 11.5 Å². The predicted molar refractivity (Wildman–Crippen MR) is 78.0 cm³/mol.